The molecule has 5 rings (SSSR count). The Balaban J connectivity index is 1.30. The molecular weight excluding hydrogens is 392 g/mol. The molecule has 0 spiro atoms. The van der Waals surface area contributed by atoms with Crippen LogP contribution in [0.4, 0.5) is 6.01 Å². The van der Waals surface area contributed by atoms with Gasteiger partial charge in [0.05, 0.1) is 11.7 Å². The maximum absolute atomic E-state index is 12.6. The van der Waals surface area contributed by atoms with Gasteiger partial charge < -0.3 is 14.3 Å². The Morgan fingerprint density at radius 3 is 2.55 bits per heavy atom. The third-order valence-corrected chi connectivity index (χ3v) is 5.62. The molecule has 1 amide bonds. The zero-order chi connectivity index (χ0) is 21.4. The molecule has 3 heterocycles. The summed E-state index contributed by atoms with van der Waals surface area (Å²) in [5.41, 5.74) is 2.65. The third kappa shape index (κ3) is 3.65. The van der Waals surface area contributed by atoms with Gasteiger partial charge >= 0.3 is 6.01 Å². The standard InChI is InChI=1S/C23H24N6O2/c1-16(2)29-20-14-18(8-9-19(20)15-24-29)21-25-23(31-26-21)28-12-10-27(11-13-28)22(30)17-6-4-3-5-7-17/h3-9,14-16H,10-13H2,1-2H3. The highest BCUT2D eigenvalue weighted by molar-refractivity contribution is 5.94. The second-order valence-electron chi connectivity index (χ2n) is 8.00. The second-order valence-corrected chi connectivity index (χ2v) is 8.00. The van der Waals surface area contributed by atoms with Crippen molar-refractivity contribution in [2.24, 2.45) is 0 Å². The van der Waals surface area contributed by atoms with Crippen molar-refractivity contribution in [1.82, 2.24) is 24.8 Å². The molecule has 0 bridgehead atoms. The number of anilines is 1. The molecule has 8 heteroatoms. The Morgan fingerprint density at radius 2 is 1.81 bits per heavy atom. The van der Waals surface area contributed by atoms with Gasteiger partial charge in [-0.15, -0.1) is 0 Å². The minimum atomic E-state index is 0.0570. The maximum Gasteiger partial charge on any atom is 0.324 e. The molecule has 31 heavy (non-hydrogen) atoms. The number of aromatic nitrogens is 4. The minimum absolute atomic E-state index is 0.0570. The minimum Gasteiger partial charge on any atom is -0.335 e. The van der Waals surface area contributed by atoms with Crippen molar-refractivity contribution in [2.45, 2.75) is 19.9 Å². The Labute approximate surface area is 180 Å². The summed E-state index contributed by atoms with van der Waals surface area (Å²) in [6.45, 7) is 6.75. The molecular formula is C23H24N6O2. The lowest BCUT2D eigenvalue weighted by Crippen LogP contribution is -2.48. The number of amides is 1. The smallest absolute Gasteiger partial charge is 0.324 e. The van der Waals surface area contributed by atoms with Gasteiger partial charge in [-0.25, -0.2) is 0 Å². The summed E-state index contributed by atoms with van der Waals surface area (Å²) in [6.07, 6.45) is 1.87. The van der Waals surface area contributed by atoms with E-state index in [1.54, 1.807) is 0 Å². The molecule has 0 radical (unpaired) electrons. The molecule has 4 aromatic rings. The van der Waals surface area contributed by atoms with Crippen molar-refractivity contribution in [1.29, 1.82) is 0 Å². The van der Waals surface area contributed by atoms with Crippen LogP contribution in [0.5, 0.6) is 0 Å². The first-order valence-electron chi connectivity index (χ1n) is 10.5. The average Bonchev–Trinajstić information content (AvgIpc) is 3.46. The summed E-state index contributed by atoms with van der Waals surface area (Å²) < 4.78 is 7.54. The van der Waals surface area contributed by atoms with Crippen LogP contribution in [0.3, 0.4) is 0 Å². The van der Waals surface area contributed by atoms with Crippen LogP contribution in [-0.4, -0.2) is 56.9 Å². The molecule has 0 N–H and O–H groups in total. The van der Waals surface area contributed by atoms with Crippen LogP contribution < -0.4 is 4.90 Å². The molecule has 0 unspecified atom stereocenters. The number of piperazine rings is 1. The molecule has 0 saturated carbocycles. The zero-order valence-electron chi connectivity index (χ0n) is 17.6. The Morgan fingerprint density at radius 1 is 1.03 bits per heavy atom. The number of benzene rings is 2. The van der Waals surface area contributed by atoms with Crippen LogP contribution in [0, 0.1) is 0 Å². The fraction of sp³-hybridized carbons (Fsp3) is 0.304. The normalized spacial score (nSPS) is 14.5. The van der Waals surface area contributed by atoms with E-state index in [0.717, 1.165) is 16.5 Å². The predicted molar refractivity (Wildman–Crippen MR) is 118 cm³/mol. The Bertz CT molecular complexity index is 1210. The van der Waals surface area contributed by atoms with Crippen molar-refractivity contribution in [3.05, 3.63) is 60.3 Å². The van der Waals surface area contributed by atoms with Crippen molar-refractivity contribution in [2.75, 3.05) is 31.1 Å². The predicted octanol–water partition coefficient (Wildman–Crippen LogP) is 3.63. The van der Waals surface area contributed by atoms with Crippen LogP contribution in [0.1, 0.15) is 30.2 Å². The first-order chi connectivity index (χ1) is 15.1. The highest BCUT2D eigenvalue weighted by Gasteiger charge is 2.25. The van der Waals surface area contributed by atoms with Gasteiger partial charge in [-0.1, -0.05) is 35.5 Å². The molecule has 2 aromatic carbocycles. The zero-order valence-corrected chi connectivity index (χ0v) is 17.6. The van der Waals surface area contributed by atoms with Gasteiger partial charge in [0.2, 0.25) is 5.82 Å². The summed E-state index contributed by atoms with van der Waals surface area (Å²) in [6, 6.07) is 16.2. The van der Waals surface area contributed by atoms with E-state index in [1.807, 2.05) is 69.2 Å². The van der Waals surface area contributed by atoms with E-state index < -0.39 is 0 Å². The Kier molecular flexibility index (Phi) is 4.89. The number of rotatable bonds is 4. The maximum atomic E-state index is 12.6. The highest BCUT2D eigenvalue weighted by atomic mass is 16.5. The van der Waals surface area contributed by atoms with Crippen LogP contribution in [0.2, 0.25) is 0 Å². The number of hydrogen-bond donors (Lipinski definition) is 0. The van der Waals surface area contributed by atoms with E-state index in [1.165, 1.54) is 0 Å². The SMILES string of the molecule is CC(C)n1ncc2ccc(-c3noc(N4CCN(C(=O)c5ccccc5)CC4)n3)cc21. The van der Waals surface area contributed by atoms with Gasteiger partial charge in [0.15, 0.2) is 0 Å². The second kappa shape index (κ2) is 7.86. The van der Waals surface area contributed by atoms with Crippen molar-refractivity contribution in [3.63, 3.8) is 0 Å². The lowest BCUT2D eigenvalue weighted by atomic mass is 10.1. The first kappa shape index (κ1) is 19.3. The molecule has 0 aliphatic carbocycles. The van der Waals surface area contributed by atoms with Gasteiger partial charge in [-0.3, -0.25) is 9.48 Å². The number of carbonyl (C=O) groups is 1. The molecule has 1 aliphatic rings. The number of nitrogens with zero attached hydrogens (tertiary/aromatic N) is 6. The molecule has 8 nitrogen and oxygen atoms in total. The lowest BCUT2D eigenvalue weighted by Gasteiger charge is -2.33. The molecule has 1 saturated heterocycles. The third-order valence-electron chi connectivity index (χ3n) is 5.62. The quantitative estimate of drug-likeness (QED) is 0.505. The van der Waals surface area contributed by atoms with E-state index in [9.17, 15) is 4.79 Å². The van der Waals surface area contributed by atoms with Crippen LogP contribution in [0.15, 0.2) is 59.3 Å². The molecule has 158 valence electrons. The van der Waals surface area contributed by atoms with Gasteiger partial charge in [-0.05, 0) is 32.0 Å². The van der Waals surface area contributed by atoms with Crippen LogP contribution >= 0.6 is 0 Å². The summed E-state index contributed by atoms with van der Waals surface area (Å²) in [4.78, 5) is 21.1. The topological polar surface area (TPSA) is 80.3 Å². The molecule has 2 aromatic heterocycles. The van der Waals surface area contributed by atoms with Crippen molar-refractivity contribution >= 4 is 22.8 Å². The van der Waals surface area contributed by atoms with Gasteiger partial charge in [0.1, 0.15) is 0 Å². The first-order valence-corrected chi connectivity index (χ1v) is 10.5. The van der Waals surface area contributed by atoms with E-state index >= 15 is 0 Å². The van der Waals surface area contributed by atoms with Gasteiger partial charge in [0.25, 0.3) is 5.91 Å². The average molecular weight is 416 g/mol. The molecule has 1 aliphatic heterocycles. The van der Waals surface area contributed by atoms with Crippen molar-refractivity contribution in [3.8, 4) is 11.4 Å². The van der Waals surface area contributed by atoms with E-state index in [-0.39, 0.29) is 11.9 Å². The van der Waals surface area contributed by atoms with E-state index in [2.05, 4.69) is 29.1 Å². The monoisotopic (exact) mass is 416 g/mol. The number of fused-ring (bicyclic) bond motifs is 1. The Hall–Kier alpha value is -3.68. The fourth-order valence-corrected chi connectivity index (χ4v) is 3.91. The number of carbonyl (C=O) groups excluding carboxylic acids is 1. The fourth-order valence-electron chi connectivity index (χ4n) is 3.91. The van der Waals surface area contributed by atoms with Gasteiger partial charge in [0, 0.05) is 48.7 Å². The molecule has 0 atom stereocenters. The summed E-state index contributed by atoms with van der Waals surface area (Å²) in [5, 5.41) is 9.74. The largest absolute Gasteiger partial charge is 0.335 e. The van der Waals surface area contributed by atoms with Gasteiger partial charge in [-0.2, -0.15) is 10.1 Å². The van der Waals surface area contributed by atoms with Crippen molar-refractivity contribution < 1.29 is 9.32 Å². The van der Waals surface area contributed by atoms with Crippen LogP contribution in [-0.2, 0) is 0 Å². The summed E-state index contributed by atoms with van der Waals surface area (Å²) in [7, 11) is 0. The lowest BCUT2D eigenvalue weighted by molar-refractivity contribution is 0.0744. The molecule has 1 fully saturated rings. The summed E-state index contributed by atoms with van der Waals surface area (Å²) in [5.74, 6) is 0.609. The van der Waals surface area contributed by atoms with Crippen LogP contribution in [0.25, 0.3) is 22.3 Å². The number of hydrogen-bond acceptors (Lipinski definition) is 6. The highest BCUT2D eigenvalue weighted by Crippen LogP contribution is 2.26. The summed E-state index contributed by atoms with van der Waals surface area (Å²) >= 11 is 0. The van der Waals surface area contributed by atoms with E-state index in [4.69, 9.17) is 4.52 Å². The van der Waals surface area contributed by atoms with E-state index in [0.29, 0.717) is 43.6 Å².